The van der Waals surface area contributed by atoms with Crippen molar-refractivity contribution in [2.75, 3.05) is 19.6 Å². The summed E-state index contributed by atoms with van der Waals surface area (Å²) in [6.45, 7) is 6.45. The number of nitrogens with zero attached hydrogens (tertiary/aromatic N) is 4. The maximum absolute atomic E-state index is 13.7. The normalized spacial score (nSPS) is 22.7. The molecule has 0 aromatic carbocycles. The van der Waals surface area contributed by atoms with E-state index in [1.54, 1.807) is 9.80 Å². The van der Waals surface area contributed by atoms with Gasteiger partial charge in [-0.15, -0.1) is 0 Å². The molecule has 168 valence electrons. The molecule has 0 saturated carbocycles. The first-order valence-corrected chi connectivity index (χ1v) is 10.5. The van der Waals surface area contributed by atoms with Crippen LogP contribution in [0, 0.1) is 12.8 Å². The van der Waals surface area contributed by atoms with Crippen molar-refractivity contribution in [3.63, 3.8) is 0 Å². The molecule has 2 aliphatic heterocycles. The van der Waals surface area contributed by atoms with E-state index in [1.165, 1.54) is 6.92 Å². The second-order valence-electron chi connectivity index (χ2n) is 8.70. The van der Waals surface area contributed by atoms with Gasteiger partial charge < -0.3 is 14.3 Å². The number of hydrogen-bond acceptors (Lipinski definition) is 5. The molecule has 31 heavy (non-hydrogen) atoms. The lowest BCUT2D eigenvalue weighted by Crippen LogP contribution is -2.43. The van der Waals surface area contributed by atoms with E-state index in [-0.39, 0.29) is 59.2 Å². The molecule has 0 bridgehead atoms. The molecule has 2 saturated heterocycles. The predicted octanol–water partition coefficient (Wildman–Crippen LogP) is 3.51. The molecule has 0 unspecified atom stereocenters. The van der Waals surface area contributed by atoms with E-state index >= 15 is 0 Å². The van der Waals surface area contributed by atoms with Gasteiger partial charge in [-0.3, -0.25) is 9.59 Å². The largest absolute Gasteiger partial charge is 0.417 e. The fourth-order valence-corrected chi connectivity index (χ4v) is 4.62. The monoisotopic (exact) mass is 438 g/mol. The fraction of sp³-hybridized carbons (Fsp3) is 0.619. The molecule has 0 N–H and O–H groups in total. The number of aromatic nitrogens is 2. The molecule has 0 spiro atoms. The van der Waals surface area contributed by atoms with Gasteiger partial charge in [0.15, 0.2) is 0 Å². The van der Waals surface area contributed by atoms with E-state index in [0.29, 0.717) is 25.9 Å². The molecule has 2 atom stereocenters. The zero-order valence-corrected chi connectivity index (χ0v) is 17.7. The Morgan fingerprint density at radius 2 is 2.03 bits per heavy atom. The topological polar surface area (TPSA) is 79.5 Å². The van der Waals surface area contributed by atoms with Crippen molar-refractivity contribution in [1.29, 1.82) is 0 Å². The maximum atomic E-state index is 13.7. The second kappa shape index (κ2) is 7.80. The van der Waals surface area contributed by atoms with Crippen LogP contribution in [-0.2, 0) is 15.8 Å². The molecular formula is C21H25F3N4O3. The Balaban J connectivity index is 1.57. The number of piperidine rings is 1. The van der Waals surface area contributed by atoms with Crippen LogP contribution in [0.25, 0.3) is 11.1 Å². The summed E-state index contributed by atoms with van der Waals surface area (Å²) in [5, 5.41) is 3.51. The second-order valence-corrected chi connectivity index (χ2v) is 8.70. The molecule has 0 aliphatic carbocycles. The molecule has 2 aromatic rings. The Kier molecular flexibility index (Phi) is 5.43. The third-order valence-electron chi connectivity index (χ3n) is 6.22. The van der Waals surface area contributed by atoms with Gasteiger partial charge in [0.2, 0.25) is 11.8 Å². The van der Waals surface area contributed by atoms with Gasteiger partial charge in [-0.25, -0.2) is 4.98 Å². The number of carbonyl (C=O) groups excluding carboxylic acids is 2. The average Bonchev–Trinajstić information content (AvgIpc) is 3.29. The van der Waals surface area contributed by atoms with Crippen LogP contribution >= 0.6 is 0 Å². The lowest BCUT2D eigenvalue weighted by molar-refractivity contribution is -0.137. The van der Waals surface area contributed by atoms with Gasteiger partial charge in [0.05, 0.1) is 28.3 Å². The predicted molar refractivity (Wildman–Crippen MR) is 105 cm³/mol. The van der Waals surface area contributed by atoms with Gasteiger partial charge >= 0.3 is 6.18 Å². The molecule has 7 nitrogen and oxygen atoms in total. The quantitative estimate of drug-likeness (QED) is 0.733. The molecule has 4 heterocycles. The molecule has 10 heteroatoms. The fourth-order valence-electron chi connectivity index (χ4n) is 4.62. The highest BCUT2D eigenvalue weighted by atomic mass is 19.4. The van der Waals surface area contributed by atoms with Crippen molar-refractivity contribution in [2.45, 2.75) is 58.2 Å². The molecule has 2 fully saturated rings. The van der Waals surface area contributed by atoms with Gasteiger partial charge in [0.1, 0.15) is 0 Å². The van der Waals surface area contributed by atoms with Gasteiger partial charge in [0, 0.05) is 38.0 Å². The van der Waals surface area contributed by atoms with E-state index in [4.69, 9.17) is 4.52 Å². The van der Waals surface area contributed by atoms with Gasteiger partial charge in [-0.2, -0.15) is 13.2 Å². The molecule has 2 aliphatic rings. The van der Waals surface area contributed by atoms with Gasteiger partial charge in [-0.1, -0.05) is 5.16 Å². The number of rotatable bonds is 3. The Hall–Kier alpha value is -2.65. The maximum Gasteiger partial charge on any atom is 0.417 e. The van der Waals surface area contributed by atoms with Crippen molar-refractivity contribution in [3.8, 4) is 0 Å². The van der Waals surface area contributed by atoms with Crippen LogP contribution in [-0.4, -0.2) is 57.4 Å². The van der Waals surface area contributed by atoms with Crippen molar-refractivity contribution < 1.29 is 27.3 Å². The summed E-state index contributed by atoms with van der Waals surface area (Å²) in [6, 6.07) is 1.09. The number of amides is 2. The number of likely N-dealkylation sites (tertiary alicyclic amines) is 2. The molecular weight excluding hydrogens is 413 g/mol. The van der Waals surface area contributed by atoms with Crippen molar-refractivity contribution in [2.24, 2.45) is 5.92 Å². The Bertz CT molecular complexity index is 1020. The minimum Gasteiger partial charge on any atom is -0.342 e. The van der Waals surface area contributed by atoms with Crippen LogP contribution < -0.4 is 0 Å². The van der Waals surface area contributed by atoms with Gasteiger partial charge in [0.25, 0.3) is 5.71 Å². The molecule has 2 amide bonds. The van der Waals surface area contributed by atoms with Crippen LogP contribution in [0.5, 0.6) is 0 Å². The molecule has 4 rings (SSSR count). The van der Waals surface area contributed by atoms with E-state index in [0.717, 1.165) is 6.07 Å². The number of aryl methyl sites for hydroxylation is 1. The Morgan fingerprint density at radius 3 is 2.68 bits per heavy atom. The highest BCUT2D eigenvalue weighted by molar-refractivity contribution is 5.89. The van der Waals surface area contributed by atoms with E-state index in [2.05, 4.69) is 10.1 Å². The highest BCUT2D eigenvalue weighted by Gasteiger charge is 2.40. The van der Waals surface area contributed by atoms with Crippen molar-refractivity contribution in [3.05, 3.63) is 23.0 Å². The molecule has 2 aromatic heterocycles. The first-order chi connectivity index (χ1) is 14.6. The van der Waals surface area contributed by atoms with Gasteiger partial charge in [-0.05, 0) is 39.7 Å². The number of halogens is 3. The van der Waals surface area contributed by atoms with Crippen LogP contribution in [0.15, 0.2) is 10.6 Å². The summed E-state index contributed by atoms with van der Waals surface area (Å²) in [6.07, 6.45) is -3.12. The summed E-state index contributed by atoms with van der Waals surface area (Å²) < 4.78 is 46.0. The SMILES string of the molecule is Cc1noc2nc([C@H]3CCCN(C(=O)[C@H]4CC(=O)N(C(C)C)C4)C3)cc(C(F)(F)F)c12. The number of carbonyl (C=O) groups is 2. The molecule has 0 radical (unpaired) electrons. The van der Waals surface area contributed by atoms with E-state index in [1.807, 2.05) is 13.8 Å². The summed E-state index contributed by atoms with van der Waals surface area (Å²) in [7, 11) is 0. The number of hydrogen-bond donors (Lipinski definition) is 0. The lowest BCUT2D eigenvalue weighted by Gasteiger charge is -2.34. The highest BCUT2D eigenvalue weighted by Crippen LogP contribution is 2.38. The summed E-state index contributed by atoms with van der Waals surface area (Å²) in [4.78, 5) is 32.9. The van der Waals surface area contributed by atoms with Crippen LogP contribution in [0.2, 0.25) is 0 Å². The lowest BCUT2D eigenvalue weighted by atomic mass is 9.91. The van der Waals surface area contributed by atoms with Crippen LogP contribution in [0.1, 0.15) is 56.0 Å². The minimum atomic E-state index is -4.57. The first-order valence-electron chi connectivity index (χ1n) is 10.5. The number of pyridine rings is 1. The zero-order chi connectivity index (χ0) is 22.5. The zero-order valence-electron chi connectivity index (χ0n) is 17.7. The average molecular weight is 438 g/mol. The van der Waals surface area contributed by atoms with Crippen molar-refractivity contribution in [1.82, 2.24) is 19.9 Å². The first kappa shape index (κ1) is 21.6. The number of fused-ring (bicyclic) bond motifs is 1. The van der Waals surface area contributed by atoms with Crippen LogP contribution in [0.3, 0.4) is 0 Å². The summed E-state index contributed by atoms with van der Waals surface area (Å²) >= 11 is 0. The van der Waals surface area contributed by atoms with Crippen LogP contribution in [0.4, 0.5) is 13.2 Å². The number of alkyl halides is 3. The third kappa shape index (κ3) is 3.99. The standard InChI is InChI=1S/C21H25F3N4O3/c1-11(2)28-10-14(7-17(28)29)20(30)27-6-4-5-13(9-27)16-8-15(21(22,23)24)18-12(3)26-31-19(18)25-16/h8,11,13-14H,4-7,9-10H2,1-3H3/t13-,14-/m0/s1. The third-order valence-corrected chi connectivity index (χ3v) is 6.22. The summed E-state index contributed by atoms with van der Waals surface area (Å²) in [5.74, 6) is -0.906. The Labute approximate surface area is 177 Å². The van der Waals surface area contributed by atoms with E-state index in [9.17, 15) is 22.8 Å². The summed E-state index contributed by atoms with van der Waals surface area (Å²) in [5.41, 5.74) is -0.564. The Morgan fingerprint density at radius 1 is 1.29 bits per heavy atom. The van der Waals surface area contributed by atoms with Crippen molar-refractivity contribution >= 4 is 22.9 Å². The smallest absolute Gasteiger partial charge is 0.342 e. The minimum absolute atomic E-state index is 0.0292. The van der Waals surface area contributed by atoms with E-state index < -0.39 is 17.7 Å².